The van der Waals surface area contributed by atoms with Crippen LogP contribution in [-0.4, -0.2) is 15.3 Å². The Morgan fingerprint density at radius 1 is 0.929 bits per heavy atom. The molecule has 0 unspecified atom stereocenters. The van der Waals surface area contributed by atoms with E-state index in [1.165, 1.54) is 11.1 Å². The van der Waals surface area contributed by atoms with Crippen molar-refractivity contribution < 1.29 is 5.11 Å². The fourth-order valence-corrected chi connectivity index (χ4v) is 2.48. The number of aryl methyl sites for hydroxylation is 1. The van der Waals surface area contributed by atoms with E-state index in [1.807, 2.05) is 40.0 Å². The summed E-state index contributed by atoms with van der Waals surface area (Å²) in [5.41, 5.74) is 3.08. The monoisotopic (exact) mass is 382 g/mol. The van der Waals surface area contributed by atoms with Gasteiger partial charge in [-0.1, -0.05) is 76.6 Å². The summed E-state index contributed by atoms with van der Waals surface area (Å²) in [6, 6.07) is 13.6. The number of nitrogens with zero attached hydrogens (tertiary/aromatic N) is 1. The van der Waals surface area contributed by atoms with Crippen molar-refractivity contribution in [3.63, 3.8) is 0 Å². The predicted octanol–water partition coefficient (Wildman–Crippen LogP) is 5.41. The van der Waals surface area contributed by atoms with Crippen LogP contribution in [0, 0.1) is 11.8 Å². The molecule has 28 heavy (non-hydrogen) atoms. The van der Waals surface area contributed by atoms with E-state index in [0.29, 0.717) is 6.54 Å². The molecule has 0 atom stereocenters. The molecule has 0 spiro atoms. The number of rotatable bonds is 5. The van der Waals surface area contributed by atoms with E-state index in [2.05, 4.69) is 57.5 Å². The first-order valence-corrected chi connectivity index (χ1v) is 10.2. The van der Waals surface area contributed by atoms with Crippen LogP contribution in [0.1, 0.15) is 59.6 Å². The Bertz CT molecular complexity index is 805. The van der Waals surface area contributed by atoms with Crippen molar-refractivity contribution in [2.75, 3.05) is 0 Å². The zero-order valence-corrected chi connectivity index (χ0v) is 18.5. The Hall–Kier alpha value is -2.13. The molecule has 0 saturated carbocycles. The van der Waals surface area contributed by atoms with E-state index in [4.69, 9.17) is 0 Å². The third-order valence-corrected chi connectivity index (χ3v) is 5.27. The van der Waals surface area contributed by atoms with Gasteiger partial charge in [0.15, 0.2) is 0 Å². The van der Waals surface area contributed by atoms with Gasteiger partial charge < -0.3 is 9.67 Å². The third kappa shape index (κ3) is 6.79. The van der Waals surface area contributed by atoms with Gasteiger partial charge in [-0.25, -0.2) is 0 Å². The van der Waals surface area contributed by atoms with Crippen LogP contribution in [0.4, 0.5) is 0 Å². The molecule has 1 aromatic carbocycles. The lowest BCUT2D eigenvalue weighted by Crippen LogP contribution is -2.38. The van der Waals surface area contributed by atoms with Crippen molar-refractivity contribution in [2.24, 2.45) is 5.41 Å². The Labute approximate surface area is 170 Å². The zero-order valence-electron chi connectivity index (χ0n) is 18.5. The summed E-state index contributed by atoms with van der Waals surface area (Å²) in [7, 11) is 0. The summed E-state index contributed by atoms with van der Waals surface area (Å²) >= 11 is 0. The maximum absolute atomic E-state index is 11.5. The second-order valence-electron chi connectivity index (χ2n) is 7.81. The van der Waals surface area contributed by atoms with Crippen molar-refractivity contribution in [3.05, 3.63) is 88.2 Å². The zero-order chi connectivity index (χ0) is 21.4. The topological polar surface area (TPSA) is 42.2 Å². The maximum Gasteiger partial charge on any atom is 0.250 e. The molecular weight excluding hydrogens is 346 g/mol. The van der Waals surface area contributed by atoms with Crippen LogP contribution in [0.15, 0.2) is 65.1 Å². The molecule has 3 nitrogen and oxygen atoms in total. The van der Waals surface area contributed by atoms with Gasteiger partial charge in [-0.3, -0.25) is 4.79 Å². The van der Waals surface area contributed by atoms with Gasteiger partial charge in [0.2, 0.25) is 0 Å². The second kappa shape index (κ2) is 10.4. The van der Waals surface area contributed by atoms with E-state index < -0.39 is 5.60 Å². The third-order valence-electron chi connectivity index (χ3n) is 5.27. The minimum absolute atomic E-state index is 0.0436. The lowest BCUT2D eigenvalue weighted by Gasteiger charge is -2.35. The number of allylic oxidation sites excluding steroid dienone is 1. The molecule has 2 aromatic rings. The summed E-state index contributed by atoms with van der Waals surface area (Å²) in [5, 5.41) is 9.70. The van der Waals surface area contributed by atoms with E-state index in [1.54, 1.807) is 16.7 Å². The molecule has 0 fully saturated rings. The summed E-state index contributed by atoms with van der Waals surface area (Å²) in [4.78, 5) is 11.5. The molecule has 1 heterocycles. The fraction of sp³-hybridized carbons (Fsp3) is 0.440. The van der Waals surface area contributed by atoms with Crippen molar-refractivity contribution >= 4 is 0 Å². The molecule has 1 aliphatic carbocycles. The highest BCUT2D eigenvalue weighted by Crippen LogP contribution is 2.44. The van der Waals surface area contributed by atoms with Crippen LogP contribution in [0.2, 0.25) is 0 Å². The van der Waals surface area contributed by atoms with Gasteiger partial charge in [-0.05, 0) is 37.5 Å². The molecule has 0 saturated heterocycles. The van der Waals surface area contributed by atoms with Crippen LogP contribution >= 0.6 is 0 Å². The van der Waals surface area contributed by atoms with Gasteiger partial charge >= 0.3 is 0 Å². The first kappa shape index (κ1) is 23.9. The van der Waals surface area contributed by atoms with Crippen molar-refractivity contribution in [1.82, 2.24) is 4.57 Å². The van der Waals surface area contributed by atoms with E-state index in [9.17, 15) is 9.90 Å². The predicted molar refractivity (Wildman–Crippen MR) is 119 cm³/mol. The van der Waals surface area contributed by atoms with Crippen LogP contribution in [0.5, 0.6) is 0 Å². The van der Waals surface area contributed by atoms with Crippen LogP contribution in [-0.2, 0) is 13.0 Å². The molecule has 1 aromatic heterocycles. The quantitative estimate of drug-likeness (QED) is 0.751. The minimum atomic E-state index is -0.619. The smallest absolute Gasteiger partial charge is 0.250 e. The Kier molecular flexibility index (Phi) is 8.90. The molecule has 3 rings (SSSR count). The van der Waals surface area contributed by atoms with Crippen LogP contribution in [0.25, 0.3) is 0 Å². The highest BCUT2D eigenvalue weighted by molar-refractivity contribution is 5.45. The largest absolute Gasteiger partial charge is 0.390 e. The molecular formula is C25H36NO2. The van der Waals surface area contributed by atoms with E-state index in [0.717, 1.165) is 12.0 Å². The van der Waals surface area contributed by atoms with Crippen LogP contribution in [0.3, 0.4) is 0 Å². The lowest BCUT2D eigenvalue weighted by atomic mass is 9.75. The highest BCUT2D eigenvalue weighted by atomic mass is 16.3. The van der Waals surface area contributed by atoms with Gasteiger partial charge in [0.1, 0.15) is 0 Å². The molecule has 1 radical (unpaired) electrons. The number of aromatic nitrogens is 1. The summed E-state index contributed by atoms with van der Waals surface area (Å²) < 4.78 is 1.71. The molecule has 153 valence electrons. The van der Waals surface area contributed by atoms with Gasteiger partial charge in [0.05, 0.1) is 12.1 Å². The Morgan fingerprint density at radius 3 is 1.86 bits per heavy atom. The fourth-order valence-electron chi connectivity index (χ4n) is 2.48. The summed E-state index contributed by atoms with van der Waals surface area (Å²) in [6.45, 7) is 14.6. The molecule has 3 heteroatoms. The molecule has 1 aliphatic rings. The van der Waals surface area contributed by atoms with Gasteiger partial charge in [0.25, 0.3) is 5.56 Å². The first-order chi connectivity index (χ1) is 13.1. The number of benzene rings is 1. The van der Waals surface area contributed by atoms with E-state index in [-0.39, 0.29) is 11.0 Å². The van der Waals surface area contributed by atoms with Gasteiger partial charge in [-0.15, -0.1) is 0 Å². The summed E-state index contributed by atoms with van der Waals surface area (Å²) in [5.74, 6) is 0. The number of hydrogen-bond acceptors (Lipinski definition) is 2. The Morgan fingerprint density at radius 2 is 1.46 bits per heavy atom. The SMILES string of the molecule is CC.CC(C)(O)C(C)(C)C1=C[CH]1.CCc1ccc(Cn2ccccc2=O)cc1. The minimum Gasteiger partial charge on any atom is -0.390 e. The number of hydrogen-bond donors (Lipinski definition) is 1. The standard InChI is InChI=1S/C14H15NO.C9H15O.C2H6/c1-2-12-6-8-13(9-7-12)11-15-10-4-3-5-14(15)16;1-8(2,7-5-6-7)9(3,4)10;1-2/h3-10H,2,11H2,1H3;5-6,10H,1-4H3;1-2H3. The lowest BCUT2D eigenvalue weighted by molar-refractivity contribution is -0.0103. The molecule has 0 amide bonds. The van der Waals surface area contributed by atoms with Gasteiger partial charge in [0, 0.05) is 24.1 Å². The highest BCUT2D eigenvalue weighted by Gasteiger charge is 2.41. The maximum atomic E-state index is 11.5. The molecule has 0 bridgehead atoms. The van der Waals surface area contributed by atoms with E-state index >= 15 is 0 Å². The average Bonchev–Trinajstić information content (AvgIpc) is 3.51. The molecule has 1 N–H and O–H groups in total. The second-order valence-corrected chi connectivity index (χ2v) is 7.81. The number of pyridine rings is 1. The average molecular weight is 383 g/mol. The van der Waals surface area contributed by atoms with Gasteiger partial charge in [-0.2, -0.15) is 0 Å². The molecule has 0 aliphatic heterocycles. The first-order valence-electron chi connectivity index (χ1n) is 10.2. The van der Waals surface area contributed by atoms with Crippen molar-refractivity contribution in [1.29, 1.82) is 0 Å². The van der Waals surface area contributed by atoms with Crippen molar-refractivity contribution in [3.8, 4) is 0 Å². The van der Waals surface area contributed by atoms with Crippen molar-refractivity contribution in [2.45, 2.75) is 67.0 Å². The summed E-state index contributed by atoms with van der Waals surface area (Å²) in [6.07, 6.45) is 6.97. The Balaban J connectivity index is 0.000000281. The number of aliphatic hydroxyl groups is 1. The normalized spacial score (nSPS) is 12.8. The van der Waals surface area contributed by atoms with Crippen LogP contribution < -0.4 is 5.56 Å².